The zero-order valence-electron chi connectivity index (χ0n) is 16.7. The van der Waals surface area contributed by atoms with E-state index in [-0.39, 0.29) is 10.5 Å². The van der Waals surface area contributed by atoms with E-state index in [0.717, 1.165) is 5.01 Å². The van der Waals surface area contributed by atoms with Gasteiger partial charge in [0.2, 0.25) is 10.0 Å². The molecule has 0 saturated carbocycles. The number of sulfonamides is 1. The highest BCUT2D eigenvalue weighted by Gasteiger charge is 2.29. The number of anilines is 1. The van der Waals surface area contributed by atoms with Gasteiger partial charge in [0, 0.05) is 5.56 Å². The largest absolute Gasteiger partial charge is 0.478 e. The Morgan fingerprint density at radius 2 is 1.84 bits per heavy atom. The van der Waals surface area contributed by atoms with E-state index in [1.807, 2.05) is 0 Å². The van der Waals surface area contributed by atoms with E-state index < -0.39 is 21.9 Å². The van der Waals surface area contributed by atoms with Crippen molar-refractivity contribution in [3.63, 3.8) is 0 Å². The van der Waals surface area contributed by atoms with E-state index in [2.05, 4.69) is 5.10 Å². The number of hydrogen-bond donors (Lipinski definition) is 2. The predicted octanol–water partition coefficient (Wildman–Crippen LogP) is 3.10. The molecule has 4 rings (SSSR count). The molecule has 0 unspecified atom stereocenters. The molecule has 9 nitrogen and oxygen atoms in total. The maximum Gasteiger partial charge on any atom is 0.335 e. The van der Waals surface area contributed by atoms with Crippen LogP contribution >= 0.6 is 0 Å². The number of aromatic carboxylic acids is 1. The lowest BCUT2D eigenvalue weighted by atomic mass is 10.1. The number of nitrogens with two attached hydrogens (primary N) is 1. The molecule has 1 aromatic heterocycles. The lowest BCUT2D eigenvalue weighted by molar-refractivity contribution is -0.114. The van der Waals surface area contributed by atoms with Crippen molar-refractivity contribution in [1.82, 2.24) is 0 Å². The van der Waals surface area contributed by atoms with E-state index in [4.69, 9.17) is 14.7 Å². The summed E-state index contributed by atoms with van der Waals surface area (Å²) in [6.45, 7) is 1.67. The van der Waals surface area contributed by atoms with Crippen LogP contribution in [0.15, 0.2) is 80.7 Å². The van der Waals surface area contributed by atoms with E-state index >= 15 is 0 Å². The molecule has 1 aliphatic heterocycles. The molecule has 3 N–H and O–H groups in total. The molecule has 0 bridgehead atoms. The third-order valence-electron chi connectivity index (χ3n) is 4.78. The molecule has 32 heavy (non-hydrogen) atoms. The van der Waals surface area contributed by atoms with Gasteiger partial charge in [0.25, 0.3) is 5.91 Å². The minimum absolute atomic E-state index is 0.00871. The highest BCUT2D eigenvalue weighted by Crippen LogP contribution is 2.28. The second kappa shape index (κ2) is 7.91. The van der Waals surface area contributed by atoms with Crippen molar-refractivity contribution >= 4 is 39.4 Å². The summed E-state index contributed by atoms with van der Waals surface area (Å²) in [6, 6.07) is 15.2. The monoisotopic (exact) mass is 451 g/mol. The van der Waals surface area contributed by atoms with Gasteiger partial charge < -0.3 is 9.52 Å². The number of furan rings is 1. The maximum atomic E-state index is 12.9. The van der Waals surface area contributed by atoms with Crippen LogP contribution in [-0.4, -0.2) is 31.1 Å². The lowest BCUT2D eigenvalue weighted by Gasteiger charge is -2.12. The Kier molecular flexibility index (Phi) is 5.25. The van der Waals surface area contributed by atoms with Gasteiger partial charge in [-0.15, -0.1) is 0 Å². The molecule has 162 valence electrons. The average Bonchev–Trinajstić information content (AvgIpc) is 3.33. The van der Waals surface area contributed by atoms with Gasteiger partial charge in [0.05, 0.1) is 27.4 Å². The Bertz CT molecular complexity index is 1400. The normalized spacial score (nSPS) is 15.3. The van der Waals surface area contributed by atoms with Gasteiger partial charge in [0.1, 0.15) is 11.5 Å². The molecule has 2 heterocycles. The highest BCUT2D eigenvalue weighted by atomic mass is 32.2. The molecule has 0 aliphatic carbocycles. The van der Waals surface area contributed by atoms with Crippen LogP contribution in [-0.2, 0) is 14.8 Å². The van der Waals surface area contributed by atoms with E-state index in [1.54, 1.807) is 49.4 Å². The number of carbonyl (C=O) groups is 2. The quantitative estimate of drug-likeness (QED) is 0.571. The standard InChI is InChI=1S/C22H17N3O6S/c1-13-19(21(26)25(24-13)16-4-2-3-15(11-16)22(27)28)12-17-7-10-20(31-17)14-5-8-18(9-6-14)32(23,29)30/h2-12H,1H3,(H,27,28)(H2,23,29,30)/b19-12+. The van der Waals surface area contributed by atoms with Crippen LogP contribution in [0.5, 0.6) is 0 Å². The summed E-state index contributed by atoms with van der Waals surface area (Å²) in [5.74, 6) is -0.644. The van der Waals surface area contributed by atoms with Gasteiger partial charge in [-0.2, -0.15) is 10.1 Å². The van der Waals surface area contributed by atoms with Crippen LogP contribution in [0.2, 0.25) is 0 Å². The van der Waals surface area contributed by atoms with Crippen molar-refractivity contribution in [2.24, 2.45) is 10.2 Å². The molecule has 1 aliphatic rings. The molecular weight excluding hydrogens is 434 g/mol. The first-order chi connectivity index (χ1) is 15.1. The summed E-state index contributed by atoms with van der Waals surface area (Å²) in [5, 5.41) is 19.7. The Hall–Kier alpha value is -4.02. The van der Waals surface area contributed by atoms with Crippen LogP contribution in [0, 0.1) is 0 Å². The molecule has 0 radical (unpaired) electrons. The topological polar surface area (TPSA) is 143 Å². The summed E-state index contributed by atoms with van der Waals surface area (Å²) in [4.78, 5) is 24.1. The number of rotatable bonds is 5. The Morgan fingerprint density at radius 3 is 2.50 bits per heavy atom. The van der Waals surface area contributed by atoms with Crippen LogP contribution in [0.25, 0.3) is 17.4 Å². The fourth-order valence-corrected chi connectivity index (χ4v) is 3.68. The van der Waals surface area contributed by atoms with Gasteiger partial charge in [-0.3, -0.25) is 4.79 Å². The first-order valence-corrected chi connectivity index (χ1v) is 10.9. The van der Waals surface area contributed by atoms with Crippen molar-refractivity contribution in [3.05, 3.63) is 77.6 Å². The highest BCUT2D eigenvalue weighted by molar-refractivity contribution is 7.89. The van der Waals surface area contributed by atoms with Gasteiger partial charge >= 0.3 is 5.97 Å². The second-order valence-corrected chi connectivity index (χ2v) is 8.55. The number of carboxylic acid groups (broad SMARTS) is 1. The SMILES string of the molecule is CC1=NN(c2cccc(C(=O)O)c2)C(=O)/C1=C/c1ccc(-c2ccc(S(N)(=O)=O)cc2)o1. The smallest absolute Gasteiger partial charge is 0.335 e. The number of primary sulfonamides is 1. The first kappa shape index (κ1) is 21.2. The van der Waals surface area contributed by atoms with Crippen LogP contribution < -0.4 is 10.1 Å². The van der Waals surface area contributed by atoms with Crippen molar-refractivity contribution in [2.45, 2.75) is 11.8 Å². The fourth-order valence-electron chi connectivity index (χ4n) is 3.17. The maximum absolute atomic E-state index is 12.9. The molecule has 0 spiro atoms. The van der Waals surface area contributed by atoms with E-state index in [0.29, 0.717) is 34.1 Å². The Morgan fingerprint density at radius 1 is 1.12 bits per heavy atom. The third kappa shape index (κ3) is 4.09. The Balaban J connectivity index is 1.60. The number of amides is 1. The van der Waals surface area contributed by atoms with E-state index in [1.165, 1.54) is 24.3 Å². The van der Waals surface area contributed by atoms with Crippen LogP contribution in [0.4, 0.5) is 5.69 Å². The molecule has 10 heteroatoms. The van der Waals surface area contributed by atoms with Crippen molar-refractivity contribution in [1.29, 1.82) is 0 Å². The number of carboxylic acids is 1. The van der Waals surface area contributed by atoms with Crippen LogP contribution in [0.1, 0.15) is 23.0 Å². The van der Waals surface area contributed by atoms with Gasteiger partial charge in [-0.05, 0) is 67.6 Å². The fraction of sp³-hybridized carbons (Fsp3) is 0.0455. The Labute approximate surface area is 183 Å². The van der Waals surface area contributed by atoms with Crippen LogP contribution in [0.3, 0.4) is 0 Å². The van der Waals surface area contributed by atoms with Crippen molar-refractivity contribution < 1.29 is 27.5 Å². The summed E-state index contributed by atoms with van der Waals surface area (Å²) in [5.41, 5.74) is 1.78. The number of hydrazone groups is 1. The number of benzene rings is 2. The van der Waals surface area contributed by atoms with Crippen molar-refractivity contribution in [2.75, 3.05) is 5.01 Å². The summed E-state index contributed by atoms with van der Waals surface area (Å²) < 4.78 is 28.6. The number of carbonyl (C=O) groups excluding carboxylic acids is 1. The summed E-state index contributed by atoms with van der Waals surface area (Å²) in [7, 11) is -3.79. The summed E-state index contributed by atoms with van der Waals surface area (Å²) in [6.07, 6.45) is 1.55. The predicted molar refractivity (Wildman–Crippen MR) is 117 cm³/mol. The minimum Gasteiger partial charge on any atom is -0.478 e. The average molecular weight is 451 g/mol. The molecule has 0 fully saturated rings. The molecule has 3 aromatic rings. The van der Waals surface area contributed by atoms with Gasteiger partial charge in [-0.25, -0.2) is 18.4 Å². The van der Waals surface area contributed by atoms with Crippen molar-refractivity contribution in [3.8, 4) is 11.3 Å². The lowest BCUT2D eigenvalue weighted by Crippen LogP contribution is -2.21. The minimum atomic E-state index is -3.79. The molecule has 0 atom stereocenters. The molecule has 2 aromatic carbocycles. The molecule has 0 saturated heterocycles. The van der Waals surface area contributed by atoms with Gasteiger partial charge in [-0.1, -0.05) is 6.07 Å². The number of nitrogens with zero attached hydrogens (tertiary/aromatic N) is 2. The zero-order chi connectivity index (χ0) is 23.0. The number of hydrogen-bond acceptors (Lipinski definition) is 6. The zero-order valence-corrected chi connectivity index (χ0v) is 17.5. The second-order valence-electron chi connectivity index (χ2n) is 6.99. The first-order valence-electron chi connectivity index (χ1n) is 9.31. The van der Waals surface area contributed by atoms with E-state index in [9.17, 15) is 18.0 Å². The molecule has 1 amide bonds. The summed E-state index contributed by atoms with van der Waals surface area (Å²) >= 11 is 0. The molecular formula is C22H17N3O6S. The third-order valence-corrected chi connectivity index (χ3v) is 5.71. The van der Waals surface area contributed by atoms with Gasteiger partial charge in [0.15, 0.2) is 0 Å².